The van der Waals surface area contributed by atoms with Crippen LogP contribution >= 0.6 is 34.8 Å². The summed E-state index contributed by atoms with van der Waals surface area (Å²) >= 11 is 17.1. The SMILES string of the molecule is CCOC(=O)c1cc(-n2ncc(C(F)(F)F)c(C)c2=O)c(F)cc1Cl.CCOC(=O)c1cc(C)c(F)cc1Cl.CCOC(=O)c1cc(N/N=C/C(=O)C(F)(F)F)c(F)cc1Cl. The Labute approximate surface area is 354 Å². The van der Waals surface area contributed by atoms with E-state index in [0.717, 1.165) is 37.3 Å². The number of Topliss-reactive ketones (excluding diaryl/α,β-unsaturated/α-hetero) is 1. The molecule has 0 bridgehead atoms. The Morgan fingerprint density at radius 3 is 1.62 bits per heavy atom. The van der Waals surface area contributed by atoms with Gasteiger partial charge < -0.3 is 14.2 Å². The van der Waals surface area contributed by atoms with E-state index in [0.29, 0.717) is 16.4 Å². The third-order valence-electron chi connectivity index (χ3n) is 7.23. The number of nitrogens with one attached hydrogen (secondary N) is 1. The maximum Gasteiger partial charge on any atom is 0.455 e. The lowest BCUT2D eigenvalue weighted by atomic mass is 10.1. The molecule has 0 aliphatic carbocycles. The van der Waals surface area contributed by atoms with Crippen molar-refractivity contribution in [3.63, 3.8) is 0 Å². The van der Waals surface area contributed by atoms with Crippen molar-refractivity contribution >= 4 is 70.4 Å². The van der Waals surface area contributed by atoms with Gasteiger partial charge in [-0.1, -0.05) is 34.8 Å². The Kier molecular flexibility index (Phi) is 18.8. The maximum atomic E-state index is 14.2. The molecule has 0 radical (unpaired) electrons. The van der Waals surface area contributed by atoms with E-state index >= 15 is 0 Å². The highest BCUT2D eigenvalue weighted by atomic mass is 35.5. The van der Waals surface area contributed by atoms with Crippen LogP contribution in [-0.4, -0.2) is 65.7 Å². The van der Waals surface area contributed by atoms with Gasteiger partial charge in [-0.25, -0.2) is 27.6 Å². The van der Waals surface area contributed by atoms with Gasteiger partial charge in [0.05, 0.1) is 75.2 Å². The highest BCUT2D eigenvalue weighted by Gasteiger charge is 2.37. The summed E-state index contributed by atoms with van der Waals surface area (Å²) in [4.78, 5) is 57.4. The number of carbonyl (C=O) groups is 4. The molecule has 0 aliphatic heterocycles. The van der Waals surface area contributed by atoms with E-state index in [1.54, 1.807) is 27.7 Å². The van der Waals surface area contributed by atoms with Crippen LogP contribution in [0, 0.1) is 31.3 Å². The van der Waals surface area contributed by atoms with E-state index in [-0.39, 0.29) is 57.8 Å². The monoisotopic (exact) mass is 934 g/mol. The van der Waals surface area contributed by atoms with Crippen molar-refractivity contribution in [1.29, 1.82) is 0 Å². The number of carbonyl (C=O) groups excluding carboxylic acids is 4. The van der Waals surface area contributed by atoms with Crippen LogP contribution in [0.3, 0.4) is 0 Å². The zero-order valence-electron chi connectivity index (χ0n) is 31.9. The van der Waals surface area contributed by atoms with Crippen LogP contribution in [0.2, 0.25) is 15.1 Å². The number of hydrogen-bond donors (Lipinski definition) is 1. The summed E-state index contributed by atoms with van der Waals surface area (Å²) in [5, 5.41) is 5.90. The second-order valence-electron chi connectivity index (χ2n) is 11.5. The summed E-state index contributed by atoms with van der Waals surface area (Å²) in [6, 6.07) is 5.82. The van der Waals surface area contributed by atoms with Gasteiger partial charge in [0.15, 0.2) is 5.82 Å². The number of aromatic nitrogens is 2. The molecule has 12 nitrogen and oxygen atoms in total. The molecule has 0 unspecified atom stereocenters. The Hall–Kier alpha value is -5.67. The third kappa shape index (κ3) is 14.2. The smallest absolute Gasteiger partial charge is 0.455 e. The topological polar surface area (TPSA) is 155 Å². The molecule has 61 heavy (non-hydrogen) atoms. The molecule has 0 aliphatic rings. The van der Waals surface area contributed by atoms with Gasteiger partial charge in [0, 0.05) is 5.56 Å². The predicted octanol–water partition coefficient (Wildman–Crippen LogP) is 9.68. The highest BCUT2D eigenvalue weighted by molar-refractivity contribution is 6.34. The third-order valence-corrected chi connectivity index (χ3v) is 8.16. The first kappa shape index (κ1) is 51.5. The molecule has 4 rings (SSSR count). The molecular formula is C37H30Cl3F9N4O8. The van der Waals surface area contributed by atoms with Gasteiger partial charge in [-0.2, -0.15) is 41.2 Å². The summed E-state index contributed by atoms with van der Waals surface area (Å²) in [5.74, 6) is -6.90. The number of esters is 3. The molecule has 0 amide bonds. The molecule has 0 spiro atoms. The maximum absolute atomic E-state index is 14.2. The molecule has 0 saturated carbocycles. The zero-order chi connectivity index (χ0) is 46.6. The number of halogens is 12. The highest BCUT2D eigenvalue weighted by Crippen LogP contribution is 2.31. The van der Waals surface area contributed by atoms with E-state index < -0.39 is 81.6 Å². The first-order chi connectivity index (χ1) is 28.3. The van der Waals surface area contributed by atoms with Gasteiger partial charge in [0.1, 0.15) is 17.3 Å². The van der Waals surface area contributed by atoms with Crippen molar-refractivity contribution in [3.05, 3.63) is 119 Å². The van der Waals surface area contributed by atoms with E-state index in [9.17, 15) is 63.5 Å². The van der Waals surface area contributed by atoms with Crippen molar-refractivity contribution in [2.45, 2.75) is 47.0 Å². The lowest BCUT2D eigenvalue weighted by Gasteiger charge is -2.13. The van der Waals surface area contributed by atoms with Gasteiger partial charge in [-0.3, -0.25) is 15.0 Å². The summed E-state index contributed by atoms with van der Waals surface area (Å²) < 4.78 is 130. The Bertz CT molecular complexity index is 2370. The molecule has 4 aromatic rings. The Morgan fingerprint density at radius 2 is 1.16 bits per heavy atom. The van der Waals surface area contributed by atoms with Gasteiger partial charge in [0.25, 0.3) is 11.3 Å². The van der Waals surface area contributed by atoms with Gasteiger partial charge in [-0.15, -0.1) is 0 Å². The van der Waals surface area contributed by atoms with Gasteiger partial charge in [0.2, 0.25) is 0 Å². The fraction of sp³-hybridized carbons (Fsp3) is 0.270. The average Bonchev–Trinajstić information content (AvgIpc) is 3.15. The van der Waals surface area contributed by atoms with Crippen molar-refractivity contribution in [3.8, 4) is 5.69 Å². The molecule has 0 fully saturated rings. The molecule has 330 valence electrons. The number of ketones is 1. The van der Waals surface area contributed by atoms with Crippen LogP contribution in [0.4, 0.5) is 45.2 Å². The quantitative estimate of drug-likeness (QED) is 0.0534. The van der Waals surface area contributed by atoms with Crippen LogP contribution in [0.15, 0.2) is 52.5 Å². The van der Waals surface area contributed by atoms with Crippen LogP contribution in [0.5, 0.6) is 0 Å². The Balaban J connectivity index is 0.000000327. The van der Waals surface area contributed by atoms with Gasteiger partial charge >= 0.3 is 30.3 Å². The molecule has 1 N–H and O–H groups in total. The van der Waals surface area contributed by atoms with E-state index in [2.05, 4.69) is 14.9 Å². The number of hydrogen-bond acceptors (Lipinski definition) is 11. The summed E-state index contributed by atoms with van der Waals surface area (Å²) in [7, 11) is 0. The van der Waals surface area contributed by atoms with Crippen LogP contribution in [-0.2, 0) is 25.2 Å². The lowest BCUT2D eigenvalue weighted by Crippen LogP contribution is -2.28. The van der Waals surface area contributed by atoms with Crippen molar-refractivity contribution in [1.82, 2.24) is 9.78 Å². The fourth-order valence-corrected chi connectivity index (χ4v) is 5.00. The molecule has 1 heterocycles. The number of alkyl halides is 6. The molecular weight excluding hydrogens is 906 g/mol. The summed E-state index contributed by atoms with van der Waals surface area (Å²) in [6.07, 6.45) is -9.50. The summed E-state index contributed by atoms with van der Waals surface area (Å²) in [6.45, 7) is 7.64. The minimum absolute atomic E-state index is 0.0272. The molecule has 24 heteroatoms. The van der Waals surface area contributed by atoms with E-state index in [4.69, 9.17) is 44.3 Å². The first-order valence-electron chi connectivity index (χ1n) is 16.8. The number of aryl methyl sites for hydroxylation is 1. The lowest BCUT2D eigenvalue weighted by molar-refractivity contribution is -0.162. The Morgan fingerprint density at radius 1 is 0.721 bits per heavy atom. The number of hydrazone groups is 1. The average molecular weight is 936 g/mol. The predicted molar refractivity (Wildman–Crippen MR) is 203 cm³/mol. The number of ether oxygens (including phenoxy) is 3. The fourth-order valence-electron chi connectivity index (χ4n) is 4.32. The zero-order valence-corrected chi connectivity index (χ0v) is 34.2. The number of nitrogens with zero attached hydrogens (tertiary/aromatic N) is 3. The molecule has 0 atom stereocenters. The van der Waals surface area contributed by atoms with E-state index in [1.165, 1.54) is 6.07 Å². The van der Waals surface area contributed by atoms with Crippen LogP contribution in [0.1, 0.15) is 68.5 Å². The largest absolute Gasteiger partial charge is 0.462 e. The first-order valence-corrected chi connectivity index (χ1v) is 18.0. The number of benzene rings is 3. The van der Waals surface area contributed by atoms with Crippen LogP contribution in [0.25, 0.3) is 5.69 Å². The van der Waals surface area contributed by atoms with Crippen molar-refractivity contribution < 1.29 is 72.9 Å². The van der Waals surface area contributed by atoms with Crippen molar-refractivity contribution in [2.24, 2.45) is 5.10 Å². The van der Waals surface area contributed by atoms with Crippen LogP contribution < -0.4 is 11.0 Å². The van der Waals surface area contributed by atoms with E-state index in [1.807, 2.05) is 5.43 Å². The number of anilines is 1. The second kappa shape index (κ2) is 22.3. The van der Waals surface area contributed by atoms with Crippen molar-refractivity contribution in [2.75, 3.05) is 25.2 Å². The molecule has 1 aromatic heterocycles. The second-order valence-corrected chi connectivity index (χ2v) is 12.7. The van der Waals surface area contributed by atoms with Gasteiger partial charge in [-0.05, 0) is 76.6 Å². The standard InChI is InChI=1S/C15H11ClF4N2O3.C12H9ClF4N2O3.C10H10ClFO2/c1-3-25-14(24)8-4-12(11(17)5-10(8)16)22-13(23)7(2)9(6-21-22)15(18,19)20;1-2-22-11(21)6-3-9(8(14)4-7(6)13)19-18-5-10(20)12(15,16)17;1-3-14-10(13)7-4-6(2)9(12)5-8(7)11/h4-6H,3H2,1-2H3;3-5,19H,2H2,1H3;4-5H,3H2,1-2H3/b;18-5+;. The molecule has 0 saturated heterocycles. The molecule has 3 aromatic carbocycles. The normalized spacial score (nSPS) is 11.2. The summed E-state index contributed by atoms with van der Waals surface area (Å²) in [5.41, 5.74) is -2.01. The number of rotatable bonds is 10. The minimum atomic E-state index is -5.08. The minimum Gasteiger partial charge on any atom is -0.462 e.